The molecule has 0 atom stereocenters. The van der Waals surface area contributed by atoms with Gasteiger partial charge in [0.1, 0.15) is 4.88 Å². The van der Waals surface area contributed by atoms with Crippen LogP contribution in [0.2, 0.25) is 0 Å². The molecule has 9 heteroatoms. The average molecular weight is 504 g/mol. The molecule has 0 radical (unpaired) electrons. The summed E-state index contributed by atoms with van der Waals surface area (Å²) in [6.45, 7) is 3.19. The molecular weight excluding hydrogens is 488 g/mol. The van der Waals surface area contributed by atoms with Crippen molar-refractivity contribution in [3.8, 4) is 0 Å². The van der Waals surface area contributed by atoms with Crippen LogP contribution in [0.3, 0.4) is 0 Å². The van der Waals surface area contributed by atoms with E-state index in [-0.39, 0.29) is 12.5 Å². The smallest absolute Gasteiger partial charge is 0.348 e. The van der Waals surface area contributed by atoms with Crippen LogP contribution in [0.15, 0.2) is 32.5 Å². The molecule has 26 heavy (non-hydrogen) atoms. The van der Waals surface area contributed by atoms with E-state index >= 15 is 0 Å². The molecule has 0 spiro atoms. The number of hydrogen-bond acceptors (Lipinski definition) is 5. The Morgan fingerprint density at radius 3 is 2.54 bits per heavy atom. The van der Waals surface area contributed by atoms with Crippen LogP contribution in [0, 0.1) is 13.8 Å². The molecule has 2 aromatic rings. The van der Waals surface area contributed by atoms with Crippen molar-refractivity contribution >= 4 is 66.7 Å². The second kappa shape index (κ2) is 9.29. The van der Waals surface area contributed by atoms with Gasteiger partial charge >= 0.3 is 5.97 Å². The molecular formula is C17H16Br2N2O4S. The molecule has 0 aliphatic heterocycles. The maximum absolute atomic E-state index is 11.9. The van der Waals surface area contributed by atoms with Crippen molar-refractivity contribution in [2.75, 3.05) is 18.5 Å². The van der Waals surface area contributed by atoms with Gasteiger partial charge in [0.15, 0.2) is 6.61 Å². The van der Waals surface area contributed by atoms with Crippen LogP contribution >= 0.6 is 43.2 Å². The number of nitrogens with one attached hydrogen (secondary N) is 2. The molecule has 0 aliphatic rings. The van der Waals surface area contributed by atoms with Gasteiger partial charge in [0.05, 0.1) is 10.3 Å². The minimum Gasteiger partial charge on any atom is -0.451 e. The van der Waals surface area contributed by atoms with Gasteiger partial charge < -0.3 is 15.4 Å². The van der Waals surface area contributed by atoms with Crippen LogP contribution in [-0.2, 0) is 14.3 Å². The molecule has 1 aromatic carbocycles. The molecule has 0 saturated heterocycles. The van der Waals surface area contributed by atoms with Crippen LogP contribution < -0.4 is 10.6 Å². The second-order valence-corrected chi connectivity index (χ2v) is 8.61. The summed E-state index contributed by atoms with van der Waals surface area (Å²) in [6, 6.07) is 7.19. The van der Waals surface area contributed by atoms with Crippen molar-refractivity contribution in [1.29, 1.82) is 0 Å². The first-order chi connectivity index (χ1) is 12.3. The van der Waals surface area contributed by atoms with E-state index in [1.807, 2.05) is 26.0 Å². The van der Waals surface area contributed by atoms with Gasteiger partial charge in [0.25, 0.3) is 5.91 Å². The van der Waals surface area contributed by atoms with E-state index in [0.29, 0.717) is 10.6 Å². The van der Waals surface area contributed by atoms with Gasteiger partial charge in [-0.25, -0.2) is 4.79 Å². The van der Waals surface area contributed by atoms with Gasteiger partial charge in [0, 0.05) is 10.2 Å². The number of ether oxygens (including phenoxy) is 1. The Balaban J connectivity index is 1.76. The fourth-order valence-electron chi connectivity index (χ4n) is 1.96. The molecule has 2 N–H and O–H groups in total. The molecule has 0 fully saturated rings. The monoisotopic (exact) mass is 502 g/mol. The maximum atomic E-state index is 11.9. The lowest BCUT2D eigenvalue weighted by atomic mass is 10.1. The third-order valence-electron chi connectivity index (χ3n) is 3.51. The van der Waals surface area contributed by atoms with Crippen molar-refractivity contribution in [3.63, 3.8) is 0 Å². The Hall–Kier alpha value is -1.71. The van der Waals surface area contributed by atoms with Gasteiger partial charge in [-0.05, 0) is 69.0 Å². The number of anilines is 1. The lowest BCUT2D eigenvalue weighted by Gasteiger charge is -2.11. The van der Waals surface area contributed by atoms with Crippen LogP contribution in [0.4, 0.5) is 5.69 Å². The molecule has 2 rings (SSSR count). The Labute approximate surface area is 171 Å². The summed E-state index contributed by atoms with van der Waals surface area (Å²) in [7, 11) is 0. The molecule has 2 amide bonds. The second-order valence-electron chi connectivity index (χ2n) is 5.38. The SMILES string of the molecule is Cc1cccc(NC(=O)CNC(=O)COC(=O)c2cc(Br)c(Br)s2)c1C. The number of hydrogen-bond donors (Lipinski definition) is 2. The average Bonchev–Trinajstić information content (AvgIpc) is 2.94. The summed E-state index contributed by atoms with van der Waals surface area (Å²) in [5.41, 5.74) is 2.73. The van der Waals surface area contributed by atoms with Gasteiger partial charge in [-0.15, -0.1) is 11.3 Å². The van der Waals surface area contributed by atoms with E-state index in [0.717, 1.165) is 19.4 Å². The van der Waals surface area contributed by atoms with Gasteiger partial charge in [0.2, 0.25) is 5.91 Å². The molecule has 138 valence electrons. The lowest BCUT2D eigenvalue weighted by Crippen LogP contribution is -2.35. The van der Waals surface area contributed by atoms with Crippen LogP contribution in [0.5, 0.6) is 0 Å². The van der Waals surface area contributed by atoms with Crippen LogP contribution in [0.25, 0.3) is 0 Å². The highest BCUT2D eigenvalue weighted by atomic mass is 79.9. The van der Waals surface area contributed by atoms with Crippen LogP contribution in [-0.4, -0.2) is 30.9 Å². The normalized spacial score (nSPS) is 10.3. The third-order valence-corrected chi connectivity index (χ3v) is 6.74. The Kier molecular flexibility index (Phi) is 7.36. The van der Waals surface area contributed by atoms with Crippen molar-refractivity contribution in [2.24, 2.45) is 0 Å². The van der Waals surface area contributed by atoms with Gasteiger partial charge in [-0.1, -0.05) is 12.1 Å². The first kappa shape index (κ1) is 20.6. The van der Waals surface area contributed by atoms with E-state index in [4.69, 9.17) is 4.74 Å². The molecule has 0 aliphatic carbocycles. The topological polar surface area (TPSA) is 84.5 Å². The summed E-state index contributed by atoms with van der Waals surface area (Å²) in [5, 5.41) is 5.15. The van der Waals surface area contributed by atoms with E-state index in [9.17, 15) is 14.4 Å². The fraction of sp³-hybridized carbons (Fsp3) is 0.235. The van der Waals surface area contributed by atoms with E-state index in [1.165, 1.54) is 11.3 Å². The first-order valence-corrected chi connectivity index (χ1v) is 9.93. The quantitative estimate of drug-likeness (QED) is 0.587. The summed E-state index contributed by atoms with van der Waals surface area (Å²) >= 11 is 7.75. The molecule has 6 nitrogen and oxygen atoms in total. The summed E-state index contributed by atoms with van der Waals surface area (Å²) in [6.07, 6.45) is 0. The molecule has 1 aromatic heterocycles. The van der Waals surface area contributed by atoms with Crippen molar-refractivity contribution in [2.45, 2.75) is 13.8 Å². The summed E-state index contributed by atoms with van der Waals surface area (Å²) in [4.78, 5) is 35.9. The highest BCUT2D eigenvalue weighted by molar-refractivity contribution is 9.13. The first-order valence-electron chi connectivity index (χ1n) is 7.52. The number of carbonyl (C=O) groups excluding carboxylic acids is 3. The summed E-state index contributed by atoms with van der Waals surface area (Å²) in [5.74, 6) is -1.51. The van der Waals surface area contributed by atoms with Gasteiger partial charge in [-0.2, -0.15) is 0 Å². The number of benzene rings is 1. The zero-order valence-corrected chi connectivity index (χ0v) is 18.0. The minimum atomic E-state index is -0.601. The van der Waals surface area contributed by atoms with Crippen molar-refractivity contribution in [1.82, 2.24) is 5.32 Å². The Morgan fingerprint density at radius 2 is 1.88 bits per heavy atom. The van der Waals surface area contributed by atoms with Gasteiger partial charge in [-0.3, -0.25) is 9.59 Å². The van der Waals surface area contributed by atoms with Crippen molar-refractivity contribution in [3.05, 3.63) is 48.5 Å². The minimum absolute atomic E-state index is 0.208. The predicted octanol–water partition coefficient (Wildman–Crippen LogP) is 3.80. The molecule has 0 unspecified atom stereocenters. The Bertz CT molecular complexity index is 832. The van der Waals surface area contributed by atoms with Crippen molar-refractivity contribution < 1.29 is 19.1 Å². The highest BCUT2D eigenvalue weighted by Gasteiger charge is 2.15. The zero-order valence-electron chi connectivity index (χ0n) is 14.0. The van der Waals surface area contributed by atoms with E-state index < -0.39 is 18.5 Å². The fourth-order valence-corrected chi connectivity index (χ4v) is 3.89. The number of carbonyl (C=O) groups is 3. The molecule has 0 bridgehead atoms. The number of rotatable bonds is 6. The maximum Gasteiger partial charge on any atom is 0.348 e. The lowest BCUT2D eigenvalue weighted by molar-refractivity contribution is -0.126. The molecule has 0 saturated carbocycles. The number of esters is 1. The standard InChI is InChI=1S/C17H16Br2N2O4S/c1-9-4-3-5-12(10(9)2)21-14(22)7-20-15(23)8-25-17(24)13-6-11(18)16(19)26-13/h3-6H,7-8H2,1-2H3,(H,20,23)(H,21,22). The van der Waals surface area contributed by atoms with E-state index in [2.05, 4.69) is 42.5 Å². The molecule has 1 heterocycles. The number of halogens is 2. The predicted molar refractivity (Wildman–Crippen MR) is 108 cm³/mol. The largest absolute Gasteiger partial charge is 0.451 e. The number of thiophene rings is 1. The summed E-state index contributed by atoms with van der Waals surface area (Å²) < 4.78 is 6.43. The highest BCUT2D eigenvalue weighted by Crippen LogP contribution is 2.32. The number of aryl methyl sites for hydroxylation is 1. The van der Waals surface area contributed by atoms with Crippen LogP contribution in [0.1, 0.15) is 20.8 Å². The number of amides is 2. The van der Waals surface area contributed by atoms with E-state index in [1.54, 1.807) is 12.1 Å². The Morgan fingerprint density at radius 1 is 1.15 bits per heavy atom. The zero-order chi connectivity index (χ0) is 19.3. The third kappa shape index (κ3) is 5.65.